The van der Waals surface area contributed by atoms with E-state index in [-0.39, 0.29) is 31.1 Å². The van der Waals surface area contributed by atoms with Crippen molar-refractivity contribution in [3.8, 4) is 0 Å². The predicted molar refractivity (Wildman–Crippen MR) is 256 cm³/mol. The van der Waals surface area contributed by atoms with Crippen molar-refractivity contribution in [2.24, 2.45) is 0 Å². The van der Waals surface area contributed by atoms with Crippen molar-refractivity contribution >= 4 is 17.9 Å². The van der Waals surface area contributed by atoms with Crippen LogP contribution in [0.25, 0.3) is 0 Å². The van der Waals surface area contributed by atoms with Crippen LogP contribution in [0.15, 0.2) is 48.6 Å². The summed E-state index contributed by atoms with van der Waals surface area (Å²) in [6.45, 7) is 6.51. The van der Waals surface area contributed by atoms with Crippen molar-refractivity contribution in [3.63, 3.8) is 0 Å². The van der Waals surface area contributed by atoms with E-state index in [1.807, 2.05) is 0 Å². The van der Waals surface area contributed by atoms with Crippen LogP contribution in [0.2, 0.25) is 0 Å². The monoisotopic (exact) mass is 841 g/mol. The summed E-state index contributed by atoms with van der Waals surface area (Å²) in [5, 5.41) is 0. The number of ether oxygens (including phenoxy) is 3. The van der Waals surface area contributed by atoms with Gasteiger partial charge in [-0.05, 0) is 77.0 Å². The molecular formula is C54H96O6. The molecule has 6 heteroatoms. The minimum Gasteiger partial charge on any atom is -0.462 e. The second-order valence-corrected chi connectivity index (χ2v) is 17.1. The van der Waals surface area contributed by atoms with Crippen LogP contribution in [0.3, 0.4) is 0 Å². The maximum Gasteiger partial charge on any atom is 0.306 e. The lowest BCUT2D eigenvalue weighted by Gasteiger charge is -2.18. The molecular weight excluding hydrogens is 745 g/mol. The van der Waals surface area contributed by atoms with Gasteiger partial charge in [-0.3, -0.25) is 14.4 Å². The first-order valence-corrected chi connectivity index (χ1v) is 25.6. The summed E-state index contributed by atoms with van der Waals surface area (Å²) < 4.78 is 16.7. The van der Waals surface area contributed by atoms with Crippen LogP contribution < -0.4 is 0 Å². The van der Waals surface area contributed by atoms with Crippen LogP contribution >= 0.6 is 0 Å². The van der Waals surface area contributed by atoms with Gasteiger partial charge in [0.25, 0.3) is 0 Å². The molecule has 0 saturated heterocycles. The third-order valence-corrected chi connectivity index (χ3v) is 11.0. The lowest BCUT2D eigenvalue weighted by atomic mass is 10.1. The first-order valence-electron chi connectivity index (χ1n) is 25.6. The van der Waals surface area contributed by atoms with E-state index in [2.05, 4.69) is 69.4 Å². The van der Waals surface area contributed by atoms with Crippen LogP contribution in [0.5, 0.6) is 0 Å². The van der Waals surface area contributed by atoms with Gasteiger partial charge in [-0.2, -0.15) is 0 Å². The first-order chi connectivity index (χ1) is 29.5. The molecule has 0 aromatic heterocycles. The predicted octanol–water partition coefficient (Wildman–Crippen LogP) is 16.7. The molecule has 60 heavy (non-hydrogen) atoms. The molecule has 0 aromatic carbocycles. The Bertz CT molecular complexity index is 1060. The van der Waals surface area contributed by atoms with E-state index in [9.17, 15) is 14.4 Å². The Morgan fingerprint density at radius 2 is 0.633 bits per heavy atom. The molecule has 348 valence electrons. The summed E-state index contributed by atoms with van der Waals surface area (Å²) in [7, 11) is 0. The maximum absolute atomic E-state index is 12.7. The van der Waals surface area contributed by atoms with Crippen LogP contribution in [0.4, 0.5) is 0 Å². The molecule has 0 heterocycles. The van der Waals surface area contributed by atoms with Gasteiger partial charge in [0.05, 0.1) is 0 Å². The minimum absolute atomic E-state index is 0.0768. The number of rotatable bonds is 46. The number of unbranched alkanes of at least 4 members (excludes halogenated alkanes) is 27. The molecule has 0 fully saturated rings. The average Bonchev–Trinajstić information content (AvgIpc) is 3.24. The number of carbonyl (C=O) groups excluding carboxylic acids is 3. The standard InChI is InChI=1S/C54H96O6/c1-4-7-10-13-16-18-20-21-22-23-24-25-26-27-28-29-30-31-32-33-34-36-38-41-44-47-53(56)59-50-51(49-58-52(55)46-43-40-37-15-12-9-6-3)60-54(57)48-45-42-39-35-19-17-14-11-8-5-2/h11,14,20-21,23-24,26-27,51H,4-10,12-13,15-19,22,25,28-50H2,1-3H3/b14-11-,21-20-,24-23-,27-26-. The molecule has 0 spiro atoms. The fourth-order valence-electron chi connectivity index (χ4n) is 7.16. The molecule has 0 saturated carbocycles. The topological polar surface area (TPSA) is 78.9 Å². The van der Waals surface area contributed by atoms with Gasteiger partial charge >= 0.3 is 17.9 Å². The van der Waals surface area contributed by atoms with Gasteiger partial charge in [-0.1, -0.05) is 211 Å². The summed E-state index contributed by atoms with van der Waals surface area (Å²) >= 11 is 0. The van der Waals surface area contributed by atoms with Gasteiger partial charge in [0, 0.05) is 19.3 Å². The molecule has 6 nitrogen and oxygen atoms in total. The Balaban J connectivity index is 4.11. The molecule has 1 atom stereocenters. The van der Waals surface area contributed by atoms with Gasteiger partial charge in [0.2, 0.25) is 0 Å². The van der Waals surface area contributed by atoms with Crippen LogP contribution in [0.1, 0.15) is 258 Å². The zero-order valence-corrected chi connectivity index (χ0v) is 39.7. The molecule has 0 aromatic rings. The Kier molecular flexibility index (Phi) is 46.9. The van der Waals surface area contributed by atoms with Gasteiger partial charge in [-0.15, -0.1) is 0 Å². The molecule has 0 aliphatic carbocycles. The number of carbonyl (C=O) groups is 3. The minimum atomic E-state index is -0.773. The van der Waals surface area contributed by atoms with Crippen LogP contribution in [-0.2, 0) is 28.6 Å². The smallest absolute Gasteiger partial charge is 0.306 e. The highest BCUT2D eigenvalue weighted by Gasteiger charge is 2.19. The van der Waals surface area contributed by atoms with Crippen molar-refractivity contribution in [2.75, 3.05) is 13.2 Å². The van der Waals surface area contributed by atoms with E-state index in [1.54, 1.807) is 0 Å². The van der Waals surface area contributed by atoms with Crippen LogP contribution in [-0.4, -0.2) is 37.2 Å². The normalized spacial score (nSPS) is 12.4. The van der Waals surface area contributed by atoms with Gasteiger partial charge < -0.3 is 14.2 Å². The third kappa shape index (κ3) is 46.4. The number of hydrogen-bond donors (Lipinski definition) is 0. The Hall–Kier alpha value is -2.63. The Labute approximate surface area is 371 Å². The second kappa shape index (κ2) is 49.0. The lowest BCUT2D eigenvalue weighted by Crippen LogP contribution is -2.30. The highest BCUT2D eigenvalue weighted by atomic mass is 16.6. The Morgan fingerprint density at radius 3 is 1.02 bits per heavy atom. The largest absolute Gasteiger partial charge is 0.462 e. The van der Waals surface area contributed by atoms with Gasteiger partial charge in [0.15, 0.2) is 6.10 Å². The summed E-state index contributed by atoms with van der Waals surface area (Å²) in [6.07, 6.45) is 58.4. The van der Waals surface area contributed by atoms with E-state index >= 15 is 0 Å². The molecule has 1 unspecified atom stereocenters. The van der Waals surface area contributed by atoms with E-state index < -0.39 is 6.10 Å². The maximum atomic E-state index is 12.7. The summed E-state index contributed by atoms with van der Waals surface area (Å²) in [4.78, 5) is 37.7. The molecule has 0 rings (SSSR count). The zero-order chi connectivity index (χ0) is 43.7. The zero-order valence-electron chi connectivity index (χ0n) is 39.7. The fraction of sp³-hybridized carbons (Fsp3) is 0.796. The molecule has 0 aliphatic rings. The average molecular weight is 841 g/mol. The van der Waals surface area contributed by atoms with Crippen molar-refractivity contribution in [3.05, 3.63) is 48.6 Å². The highest BCUT2D eigenvalue weighted by molar-refractivity contribution is 5.71. The van der Waals surface area contributed by atoms with E-state index in [1.165, 1.54) is 128 Å². The van der Waals surface area contributed by atoms with Crippen molar-refractivity contribution in [1.29, 1.82) is 0 Å². The molecule has 0 N–H and O–H groups in total. The van der Waals surface area contributed by atoms with Crippen molar-refractivity contribution < 1.29 is 28.6 Å². The summed E-state index contributed by atoms with van der Waals surface area (Å²) in [5.41, 5.74) is 0. The number of allylic oxidation sites excluding steroid dienone is 8. The van der Waals surface area contributed by atoms with Gasteiger partial charge in [-0.25, -0.2) is 0 Å². The molecule has 0 radical (unpaired) electrons. The Morgan fingerprint density at radius 1 is 0.333 bits per heavy atom. The second-order valence-electron chi connectivity index (χ2n) is 17.1. The van der Waals surface area contributed by atoms with E-state index in [0.29, 0.717) is 19.3 Å². The summed E-state index contributed by atoms with van der Waals surface area (Å²) in [5.74, 6) is -0.895. The van der Waals surface area contributed by atoms with Crippen LogP contribution in [0, 0.1) is 0 Å². The van der Waals surface area contributed by atoms with E-state index in [0.717, 1.165) is 89.9 Å². The summed E-state index contributed by atoms with van der Waals surface area (Å²) in [6, 6.07) is 0. The van der Waals surface area contributed by atoms with Crippen molar-refractivity contribution in [1.82, 2.24) is 0 Å². The number of hydrogen-bond acceptors (Lipinski definition) is 6. The third-order valence-electron chi connectivity index (χ3n) is 11.0. The molecule has 0 aliphatic heterocycles. The van der Waals surface area contributed by atoms with Gasteiger partial charge in [0.1, 0.15) is 13.2 Å². The highest BCUT2D eigenvalue weighted by Crippen LogP contribution is 2.15. The quantitative estimate of drug-likeness (QED) is 0.0263. The van der Waals surface area contributed by atoms with E-state index in [4.69, 9.17) is 14.2 Å². The lowest BCUT2D eigenvalue weighted by molar-refractivity contribution is -0.167. The molecule has 0 bridgehead atoms. The first kappa shape index (κ1) is 57.4. The van der Waals surface area contributed by atoms with Crippen molar-refractivity contribution in [2.45, 2.75) is 264 Å². The number of esters is 3. The fourth-order valence-corrected chi connectivity index (χ4v) is 7.16. The SMILES string of the molecule is CCC/C=C\CCCCCCCC(=O)OC(COC(=O)CCCCCCCCC)COC(=O)CCCCCCCCCCCC/C=C\C/C=C\C/C=C\CCCCCCC. The molecule has 0 amide bonds.